The molecule has 1 aliphatic heterocycles. The van der Waals surface area contributed by atoms with Crippen LogP contribution in [0.2, 0.25) is 0 Å². The van der Waals surface area contributed by atoms with Gasteiger partial charge in [0.15, 0.2) is 0 Å². The molecule has 3 rings (SSSR count). The zero-order valence-electron chi connectivity index (χ0n) is 9.23. The summed E-state index contributed by atoms with van der Waals surface area (Å²) in [5.41, 5.74) is 0. The van der Waals surface area contributed by atoms with E-state index in [1.54, 1.807) is 6.20 Å². The van der Waals surface area contributed by atoms with Gasteiger partial charge in [-0.25, -0.2) is 0 Å². The lowest BCUT2D eigenvalue weighted by Crippen LogP contribution is -1.93. The maximum Gasteiger partial charge on any atom is 0.0573 e. The SMILES string of the molecule is C1=CS(c2ccccc2)(c2ccccc2)N=N1. The smallest absolute Gasteiger partial charge is 0.0573 e. The van der Waals surface area contributed by atoms with Gasteiger partial charge in [-0.15, -0.1) is 4.52 Å². The minimum absolute atomic E-state index is 1.23. The van der Waals surface area contributed by atoms with Crippen LogP contribution >= 0.6 is 10.2 Å². The average molecular weight is 240 g/mol. The Hall–Kier alpha value is -1.87. The molecule has 1 aliphatic rings. The zero-order valence-corrected chi connectivity index (χ0v) is 10.0. The van der Waals surface area contributed by atoms with Crippen molar-refractivity contribution in [1.82, 2.24) is 0 Å². The molecule has 17 heavy (non-hydrogen) atoms. The van der Waals surface area contributed by atoms with Gasteiger partial charge in [-0.05, 0) is 34.5 Å². The Morgan fingerprint density at radius 2 is 1.24 bits per heavy atom. The van der Waals surface area contributed by atoms with Crippen LogP contribution in [0.3, 0.4) is 0 Å². The molecule has 0 N–H and O–H groups in total. The van der Waals surface area contributed by atoms with Crippen LogP contribution in [-0.4, -0.2) is 0 Å². The lowest BCUT2D eigenvalue weighted by molar-refractivity contribution is 1.30. The lowest BCUT2D eigenvalue weighted by Gasteiger charge is -2.28. The largest absolute Gasteiger partial charge is 0.152 e. The van der Waals surface area contributed by atoms with E-state index >= 15 is 0 Å². The average Bonchev–Trinajstić information content (AvgIpc) is 2.91. The molecule has 0 unspecified atom stereocenters. The van der Waals surface area contributed by atoms with Gasteiger partial charge in [-0.2, -0.15) is 5.11 Å². The Morgan fingerprint density at radius 1 is 0.706 bits per heavy atom. The third-order valence-electron chi connectivity index (χ3n) is 2.71. The molecule has 0 aliphatic carbocycles. The summed E-state index contributed by atoms with van der Waals surface area (Å²) in [6, 6.07) is 20.7. The highest BCUT2D eigenvalue weighted by atomic mass is 32.3. The van der Waals surface area contributed by atoms with Crippen LogP contribution in [0.15, 0.2) is 91.7 Å². The predicted molar refractivity (Wildman–Crippen MR) is 71.0 cm³/mol. The molecule has 2 aromatic rings. The van der Waals surface area contributed by atoms with Gasteiger partial charge in [0.1, 0.15) is 0 Å². The van der Waals surface area contributed by atoms with E-state index in [9.17, 15) is 0 Å². The van der Waals surface area contributed by atoms with E-state index in [1.165, 1.54) is 9.79 Å². The predicted octanol–water partition coefficient (Wildman–Crippen LogP) is 4.76. The van der Waals surface area contributed by atoms with Crippen molar-refractivity contribution >= 4 is 10.2 Å². The maximum atomic E-state index is 4.50. The normalized spacial score (nSPS) is 18.1. The van der Waals surface area contributed by atoms with Gasteiger partial charge < -0.3 is 0 Å². The number of hydrogen-bond acceptors (Lipinski definition) is 2. The Kier molecular flexibility index (Phi) is 2.53. The summed E-state index contributed by atoms with van der Waals surface area (Å²) < 4.78 is 4.50. The van der Waals surface area contributed by atoms with Gasteiger partial charge in [-0.3, -0.25) is 0 Å². The first-order valence-electron chi connectivity index (χ1n) is 5.44. The molecule has 0 spiro atoms. The summed E-state index contributed by atoms with van der Waals surface area (Å²) >= 11 is 0. The van der Waals surface area contributed by atoms with Crippen molar-refractivity contribution in [3.05, 3.63) is 72.3 Å². The van der Waals surface area contributed by atoms with Gasteiger partial charge in [0, 0.05) is 15.2 Å². The zero-order chi connectivity index (χ0) is 11.6. The summed E-state index contributed by atoms with van der Waals surface area (Å²) in [6.07, 6.45) is 1.80. The van der Waals surface area contributed by atoms with E-state index in [4.69, 9.17) is 0 Å². The molecule has 0 saturated heterocycles. The van der Waals surface area contributed by atoms with Crippen LogP contribution in [0.5, 0.6) is 0 Å². The van der Waals surface area contributed by atoms with Crippen LogP contribution in [0.1, 0.15) is 0 Å². The molecule has 84 valence electrons. The van der Waals surface area contributed by atoms with Crippen molar-refractivity contribution in [3.63, 3.8) is 0 Å². The molecule has 0 fully saturated rings. The Balaban J connectivity index is 2.19. The molecular formula is C14H12N2S. The summed E-state index contributed by atoms with van der Waals surface area (Å²) in [4.78, 5) is 2.45. The van der Waals surface area contributed by atoms with Crippen molar-refractivity contribution in [1.29, 1.82) is 0 Å². The molecule has 2 aromatic carbocycles. The van der Waals surface area contributed by atoms with E-state index in [0.29, 0.717) is 0 Å². The van der Waals surface area contributed by atoms with Crippen molar-refractivity contribution in [2.24, 2.45) is 9.63 Å². The van der Waals surface area contributed by atoms with E-state index in [2.05, 4.69) is 63.6 Å². The molecule has 2 nitrogen and oxygen atoms in total. The van der Waals surface area contributed by atoms with E-state index in [1.807, 2.05) is 12.1 Å². The third kappa shape index (κ3) is 1.68. The number of hydrogen-bond donors (Lipinski definition) is 0. The molecule has 0 amide bonds. The van der Waals surface area contributed by atoms with Crippen molar-refractivity contribution in [2.45, 2.75) is 9.79 Å². The summed E-state index contributed by atoms with van der Waals surface area (Å²) in [5, 5.41) is 6.19. The van der Waals surface area contributed by atoms with Gasteiger partial charge in [0.2, 0.25) is 0 Å². The fourth-order valence-electron chi connectivity index (χ4n) is 1.89. The Bertz CT molecular complexity index is 508. The molecule has 3 heteroatoms. The summed E-state index contributed by atoms with van der Waals surface area (Å²) in [7, 11) is -1.44. The minimum atomic E-state index is -1.44. The Morgan fingerprint density at radius 3 is 1.65 bits per heavy atom. The third-order valence-corrected chi connectivity index (χ3v) is 5.55. The van der Waals surface area contributed by atoms with Gasteiger partial charge >= 0.3 is 0 Å². The van der Waals surface area contributed by atoms with E-state index in [-0.39, 0.29) is 0 Å². The fraction of sp³-hybridized carbons (Fsp3) is 0. The topological polar surface area (TPSA) is 24.7 Å². The number of benzene rings is 2. The van der Waals surface area contributed by atoms with Crippen LogP contribution in [0, 0.1) is 0 Å². The van der Waals surface area contributed by atoms with E-state index < -0.39 is 10.2 Å². The monoisotopic (exact) mass is 240 g/mol. The molecular weight excluding hydrogens is 228 g/mol. The second-order valence-electron chi connectivity index (χ2n) is 3.73. The van der Waals surface area contributed by atoms with Crippen molar-refractivity contribution in [2.75, 3.05) is 0 Å². The standard InChI is InChI=1S/C14H12N2S/c1-3-7-13(8-4-1)17(12-11-15-16-17)14-9-5-2-6-10-14/h1-12H. The van der Waals surface area contributed by atoms with Gasteiger partial charge in [0.05, 0.1) is 6.20 Å². The molecule has 0 saturated carbocycles. The highest BCUT2D eigenvalue weighted by molar-refractivity contribution is 8.35. The minimum Gasteiger partial charge on any atom is -0.152 e. The van der Waals surface area contributed by atoms with Crippen molar-refractivity contribution < 1.29 is 0 Å². The number of rotatable bonds is 2. The lowest BCUT2D eigenvalue weighted by atomic mass is 10.4. The van der Waals surface area contributed by atoms with Crippen LogP contribution in [0.4, 0.5) is 0 Å². The van der Waals surface area contributed by atoms with Crippen LogP contribution in [-0.2, 0) is 0 Å². The second-order valence-corrected chi connectivity index (χ2v) is 6.36. The quantitative estimate of drug-likeness (QED) is 0.723. The molecule has 0 atom stereocenters. The first kappa shape index (κ1) is 10.3. The molecule has 0 aromatic heterocycles. The Labute approximate surface area is 102 Å². The second kappa shape index (κ2) is 4.18. The van der Waals surface area contributed by atoms with E-state index in [0.717, 1.165) is 0 Å². The molecule has 1 heterocycles. The highest BCUT2D eigenvalue weighted by Gasteiger charge is 2.27. The van der Waals surface area contributed by atoms with Crippen molar-refractivity contribution in [3.8, 4) is 0 Å². The summed E-state index contributed by atoms with van der Waals surface area (Å²) in [6.45, 7) is 0. The van der Waals surface area contributed by atoms with Gasteiger partial charge in [0.25, 0.3) is 0 Å². The van der Waals surface area contributed by atoms with Gasteiger partial charge in [-0.1, -0.05) is 36.4 Å². The highest BCUT2D eigenvalue weighted by Crippen LogP contribution is 2.66. The molecule has 0 radical (unpaired) electrons. The first-order chi connectivity index (χ1) is 8.42. The van der Waals surface area contributed by atoms with Crippen LogP contribution < -0.4 is 0 Å². The fourth-order valence-corrected chi connectivity index (χ4v) is 4.29. The first-order valence-corrected chi connectivity index (χ1v) is 7.09. The summed E-state index contributed by atoms with van der Waals surface area (Å²) in [5.74, 6) is 0. The number of nitrogens with zero attached hydrogens (tertiary/aromatic N) is 2. The maximum absolute atomic E-state index is 4.50. The van der Waals surface area contributed by atoms with Crippen LogP contribution in [0.25, 0.3) is 0 Å². The molecule has 0 bridgehead atoms.